The van der Waals surface area contributed by atoms with Crippen LogP contribution in [0.1, 0.15) is 18.9 Å². The Kier molecular flexibility index (Phi) is 6.21. The summed E-state index contributed by atoms with van der Waals surface area (Å²) in [6.07, 6.45) is 1.63. The second-order valence-electron chi connectivity index (χ2n) is 3.58. The van der Waals surface area contributed by atoms with Gasteiger partial charge in [0.15, 0.2) is 11.5 Å². The maximum Gasteiger partial charge on any atom is 0.305 e. The van der Waals surface area contributed by atoms with Crippen LogP contribution in [0.5, 0.6) is 11.5 Å². The first-order valence-corrected chi connectivity index (χ1v) is 5.85. The lowest BCUT2D eigenvalue weighted by Crippen LogP contribution is -2.11. The summed E-state index contributed by atoms with van der Waals surface area (Å²) in [5, 5.41) is 11.4. The van der Waals surface area contributed by atoms with Crippen molar-refractivity contribution in [1.82, 2.24) is 0 Å². The van der Waals surface area contributed by atoms with Crippen molar-refractivity contribution in [3.8, 4) is 11.5 Å². The molecule has 6 heteroatoms. The summed E-state index contributed by atoms with van der Waals surface area (Å²) in [5.41, 5.74) is 0.684. The Morgan fingerprint density at radius 3 is 2.79 bits per heavy atom. The number of hydrogen-bond donors (Lipinski definition) is 1. The minimum absolute atomic E-state index is 0.190. The molecule has 0 saturated carbocycles. The standard InChI is InChI=1S/C13H17NO5/c1-3-13(15)19-7-6-18-11-5-4-10(9-14-16)8-12(11)17-2/h4-5,8-9,16H,3,6-7H2,1-2H3/b14-9-. The summed E-state index contributed by atoms with van der Waals surface area (Å²) in [5.74, 6) is 0.787. The van der Waals surface area contributed by atoms with Gasteiger partial charge in [0, 0.05) is 12.0 Å². The molecule has 0 aliphatic carbocycles. The molecule has 0 aliphatic heterocycles. The Morgan fingerprint density at radius 2 is 2.16 bits per heavy atom. The van der Waals surface area contributed by atoms with Gasteiger partial charge in [-0.3, -0.25) is 4.79 Å². The molecule has 1 rings (SSSR count). The van der Waals surface area contributed by atoms with Crippen molar-refractivity contribution in [2.45, 2.75) is 13.3 Å². The number of carbonyl (C=O) groups excluding carboxylic acids is 1. The molecule has 0 fully saturated rings. The van der Waals surface area contributed by atoms with E-state index in [9.17, 15) is 4.79 Å². The SMILES string of the molecule is CCC(=O)OCCOc1ccc(/C=N\O)cc1OC. The van der Waals surface area contributed by atoms with Crippen LogP contribution in [-0.4, -0.2) is 37.7 Å². The zero-order valence-corrected chi connectivity index (χ0v) is 11.0. The number of esters is 1. The van der Waals surface area contributed by atoms with Gasteiger partial charge in [-0.15, -0.1) is 0 Å². The van der Waals surface area contributed by atoms with Crippen molar-refractivity contribution < 1.29 is 24.2 Å². The molecule has 0 spiro atoms. The van der Waals surface area contributed by atoms with E-state index in [1.54, 1.807) is 25.1 Å². The summed E-state index contributed by atoms with van der Waals surface area (Å²) >= 11 is 0. The lowest BCUT2D eigenvalue weighted by Gasteiger charge is -2.11. The molecule has 0 unspecified atom stereocenters. The Labute approximate surface area is 111 Å². The molecule has 6 nitrogen and oxygen atoms in total. The molecule has 0 heterocycles. The molecule has 19 heavy (non-hydrogen) atoms. The number of benzene rings is 1. The third kappa shape index (κ3) is 4.87. The van der Waals surface area contributed by atoms with Crippen molar-refractivity contribution in [1.29, 1.82) is 0 Å². The van der Waals surface area contributed by atoms with Crippen LogP contribution in [-0.2, 0) is 9.53 Å². The van der Waals surface area contributed by atoms with Gasteiger partial charge in [0.05, 0.1) is 13.3 Å². The molecule has 0 amide bonds. The van der Waals surface area contributed by atoms with Crippen molar-refractivity contribution >= 4 is 12.2 Å². The van der Waals surface area contributed by atoms with Crippen LogP contribution in [0.15, 0.2) is 23.4 Å². The molecule has 0 atom stereocenters. The Morgan fingerprint density at radius 1 is 1.37 bits per heavy atom. The first kappa shape index (κ1) is 14.8. The van der Waals surface area contributed by atoms with Crippen LogP contribution in [0, 0.1) is 0 Å². The van der Waals surface area contributed by atoms with E-state index in [1.807, 2.05) is 0 Å². The van der Waals surface area contributed by atoms with Crippen LogP contribution in [0.4, 0.5) is 0 Å². The summed E-state index contributed by atoms with van der Waals surface area (Å²) < 4.78 is 15.5. The van der Waals surface area contributed by atoms with E-state index in [1.165, 1.54) is 13.3 Å². The Balaban J connectivity index is 2.55. The third-order valence-electron chi connectivity index (χ3n) is 2.29. The number of hydrogen-bond acceptors (Lipinski definition) is 6. The molecule has 0 aliphatic rings. The molecular formula is C13H17NO5. The number of rotatable bonds is 7. The van der Waals surface area contributed by atoms with Gasteiger partial charge in [-0.05, 0) is 18.2 Å². The number of carbonyl (C=O) groups is 1. The van der Waals surface area contributed by atoms with Crippen LogP contribution < -0.4 is 9.47 Å². The summed E-state index contributed by atoms with van der Waals surface area (Å²) in [6, 6.07) is 5.08. The highest BCUT2D eigenvalue weighted by Crippen LogP contribution is 2.27. The smallest absolute Gasteiger partial charge is 0.305 e. The van der Waals surface area contributed by atoms with Gasteiger partial charge in [-0.25, -0.2) is 0 Å². The van der Waals surface area contributed by atoms with Crippen molar-refractivity contribution in [2.24, 2.45) is 5.16 Å². The molecule has 1 N–H and O–H groups in total. The van der Waals surface area contributed by atoms with Crippen molar-refractivity contribution in [2.75, 3.05) is 20.3 Å². The third-order valence-corrected chi connectivity index (χ3v) is 2.29. The van der Waals surface area contributed by atoms with E-state index < -0.39 is 0 Å². The molecule has 104 valence electrons. The first-order valence-electron chi connectivity index (χ1n) is 5.85. The van der Waals surface area contributed by atoms with Crippen LogP contribution in [0.3, 0.4) is 0 Å². The fraction of sp³-hybridized carbons (Fsp3) is 0.385. The minimum atomic E-state index is -0.259. The topological polar surface area (TPSA) is 77.4 Å². The van der Waals surface area contributed by atoms with E-state index in [-0.39, 0.29) is 19.2 Å². The summed E-state index contributed by atoms with van der Waals surface area (Å²) in [7, 11) is 1.51. The summed E-state index contributed by atoms with van der Waals surface area (Å²) in [6.45, 7) is 2.17. The molecule has 1 aromatic carbocycles. The highest BCUT2D eigenvalue weighted by molar-refractivity contribution is 5.80. The molecule has 0 radical (unpaired) electrons. The highest BCUT2D eigenvalue weighted by Gasteiger charge is 2.05. The zero-order valence-electron chi connectivity index (χ0n) is 11.0. The first-order chi connectivity index (χ1) is 9.21. The van der Waals surface area contributed by atoms with E-state index in [4.69, 9.17) is 19.4 Å². The van der Waals surface area contributed by atoms with Gasteiger partial charge >= 0.3 is 5.97 Å². The summed E-state index contributed by atoms with van der Waals surface area (Å²) in [4.78, 5) is 10.9. The fourth-order valence-corrected chi connectivity index (χ4v) is 1.36. The largest absolute Gasteiger partial charge is 0.493 e. The fourth-order valence-electron chi connectivity index (χ4n) is 1.36. The Hall–Kier alpha value is -2.24. The van der Waals surface area contributed by atoms with Gasteiger partial charge in [0.2, 0.25) is 0 Å². The predicted molar refractivity (Wildman–Crippen MR) is 69.1 cm³/mol. The van der Waals surface area contributed by atoms with E-state index in [0.29, 0.717) is 23.5 Å². The lowest BCUT2D eigenvalue weighted by atomic mass is 10.2. The van der Waals surface area contributed by atoms with Gasteiger partial charge < -0.3 is 19.4 Å². The van der Waals surface area contributed by atoms with Gasteiger partial charge in [0.25, 0.3) is 0 Å². The number of oxime groups is 1. The monoisotopic (exact) mass is 267 g/mol. The van der Waals surface area contributed by atoms with Crippen molar-refractivity contribution in [3.63, 3.8) is 0 Å². The van der Waals surface area contributed by atoms with E-state index in [0.717, 1.165) is 0 Å². The van der Waals surface area contributed by atoms with Crippen LogP contribution in [0.2, 0.25) is 0 Å². The lowest BCUT2D eigenvalue weighted by molar-refractivity contribution is -0.143. The normalized spacial score (nSPS) is 10.4. The number of nitrogens with zero attached hydrogens (tertiary/aromatic N) is 1. The molecule has 1 aromatic rings. The average molecular weight is 267 g/mol. The molecule has 0 aromatic heterocycles. The maximum absolute atomic E-state index is 10.9. The number of ether oxygens (including phenoxy) is 3. The second-order valence-corrected chi connectivity index (χ2v) is 3.58. The van der Waals surface area contributed by atoms with Crippen LogP contribution in [0.25, 0.3) is 0 Å². The van der Waals surface area contributed by atoms with E-state index in [2.05, 4.69) is 5.16 Å². The maximum atomic E-state index is 10.9. The molecular weight excluding hydrogens is 250 g/mol. The predicted octanol–water partition coefficient (Wildman–Crippen LogP) is 1.84. The number of methoxy groups -OCH3 is 1. The van der Waals surface area contributed by atoms with Gasteiger partial charge in [-0.1, -0.05) is 12.1 Å². The van der Waals surface area contributed by atoms with Gasteiger partial charge in [-0.2, -0.15) is 0 Å². The van der Waals surface area contributed by atoms with Gasteiger partial charge in [0.1, 0.15) is 13.2 Å². The minimum Gasteiger partial charge on any atom is -0.493 e. The van der Waals surface area contributed by atoms with Crippen LogP contribution >= 0.6 is 0 Å². The van der Waals surface area contributed by atoms with Crippen molar-refractivity contribution in [3.05, 3.63) is 23.8 Å². The quantitative estimate of drug-likeness (QED) is 0.268. The zero-order chi connectivity index (χ0) is 14.1. The molecule has 0 saturated heterocycles. The molecule has 0 bridgehead atoms. The highest BCUT2D eigenvalue weighted by atomic mass is 16.6. The van der Waals surface area contributed by atoms with E-state index >= 15 is 0 Å². The Bertz CT molecular complexity index is 445. The average Bonchev–Trinajstić information content (AvgIpc) is 2.44. The second kappa shape index (κ2) is 7.97.